The van der Waals surface area contributed by atoms with Crippen LogP contribution in [0.1, 0.15) is 18.2 Å². The zero-order valence-electron chi connectivity index (χ0n) is 12.2. The normalized spacial score (nSPS) is 24.6. The molecule has 1 aliphatic rings. The van der Waals surface area contributed by atoms with Crippen molar-refractivity contribution < 1.29 is 14.9 Å². The Balaban J connectivity index is 1.94. The number of aromatic nitrogens is 2. The summed E-state index contributed by atoms with van der Waals surface area (Å²) in [5.41, 5.74) is 2.46. The minimum Gasteiger partial charge on any atom is -0.394 e. The second-order valence-corrected chi connectivity index (χ2v) is 5.51. The molecule has 0 spiro atoms. The van der Waals surface area contributed by atoms with Crippen LogP contribution >= 0.6 is 0 Å². The molecule has 1 aromatic heterocycles. The molecule has 116 valence electrons. The molecule has 1 aromatic carbocycles. The van der Waals surface area contributed by atoms with Gasteiger partial charge in [-0.1, -0.05) is 29.8 Å². The molecule has 3 atom stereocenters. The average Bonchev–Trinajstić information content (AvgIpc) is 2.89. The van der Waals surface area contributed by atoms with Crippen molar-refractivity contribution in [1.82, 2.24) is 9.55 Å². The quantitative estimate of drug-likeness (QED) is 0.878. The number of aryl methyl sites for hydroxylation is 1. The zero-order chi connectivity index (χ0) is 15.7. The SMILES string of the molecule is Cc1ccc(-c2cnc(=O)n([C@H]3C[C@H](O)[C@@H](CO)O3)c2)cc1. The molecule has 3 rings (SSSR count). The molecule has 2 heterocycles. The molecule has 1 fully saturated rings. The summed E-state index contributed by atoms with van der Waals surface area (Å²) < 4.78 is 6.89. The van der Waals surface area contributed by atoms with Gasteiger partial charge in [-0.3, -0.25) is 4.57 Å². The van der Waals surface area contributed by atoms with E-state index in [0.717, 1.165) is 16.7 Å². The molecule has 0 radical (unpaired) electrons. The van der Waals surface area contributed by atoms with Gasteiger partial charge in [0.2, 0.25) is 0 Å². The lowest BCUT2D eigenvalue weighted by Crippen LogP contribution is -2.27. The van der Waals surface area contributed by atoms with Crippen LogP contribution in [0, 0.1) is 6.92 Å². The Kier molecular flexibility index (Phi) is 4.06. The summed E-state index contributed by atoms with van der Waals surface area (Å²) in [6.07, 6.45) is 1.39. The van der Waals surface area contributed by atoms with Crippen LogP contribution < -0.4 is 5.69 Å². The van der Waals surface area contributed by atoms with Crippen LogP contribution in [-0.2, 0) is 4.74 Å². The second-order valence-electron chi connectivity index (χ2n) is 5.51. The smallest absolute Gasteiger partial charge is 0.349 e. The maximum absolute atomic E-state index is 12.0. The van der Waals surface area contributed by atoms with Crippen molar-refractivity contribution in [2.45, 2.75) is 31.8 Å². The van der Waals surface area contributed by atoms with Crippen molar-refractivity contribution in [2.24, 2.45) is 0 Å². The second kappa shape index (κ2) is 6.00. The van der Waals surface area contributed by atoms with Gasteiger partial charge in [-0.2, -0.15) is 0 Å². The number of aliphatic hydroxyl groups is 2. The van der Waals surface area contributed by atoms with E-state index in [0.29, 0.717) is 0 Å². The van der Waals surface area contributed by atoms with Crippen molar-refractivity contribution in [3.8, 4) is 11.1 Å². The number of rotatable bonds is 3. The average molecular weight is 302 g/mol. The maximum Gasteiger partial charge on any atom is 0.349 e. The standard InChI is InChI=1S/C16H18N2O4/c1-10-2-4-11(5-3-10)12-7-17-16(21)18(8-12)15-6-13(20)14(9-19)22-15/h2-5,7-8,13-15,19-20H,6,9H2,1H3/t13-,14+,15+/m0/s1. The van der Waals surface area contributed by atoms with Crippen molar-refractivity contribution in [2.75, 3.05) is 6.61 Å². The number of benzene rings is 1. The van der Waals surface area contributed by atoms with Crippen LogP contribution in [0.3, 0.4) is 0 Å². The summed E-state index contributed by atoms with van der Waals surface area (Å²) in [5, 5.41) is 18.9. The van der Waals surface area contributed by atoms with E-state index >= 15 is 0 Å². The van der Waals surface area contributed by atoms with Gasteiger partial charge in [0.25, 0.3) is 0 Å². The molecule has 0 unspecified atom stereocenters. The molecule has 0 saturated carbocycles. The van der Waals surface area contributed by atoms with E-state index in [1.165, 1.54) is 10.8 Å². The Morgan fingerprint density at radius 2 is 2.05 bits per heavy atom. The Morgan fingerprint density at radius 1 is 1.32 bits per heavy atom. The van der Waals surface area contributed by atoms with E-state index < -0.39 is 24.1 Å². The number of hydrogen-bond donors (Lipinski definition) is 2. The molecule has 2 aromatic rings. The molecule has 1 saturated heterocycles. The number of nitrogens with zero attached hydrogens (tertiary/aromatic N) is 2. The summed E-state index contributed by atoms with van der Waals surface area (Å²) >= 11 is 0. The molecule has 1 aliphatic heterocycles. The molecule has 0 bridgehead atoms. The van der Waals surface area contributed by atoms with Crippen LogP contribution in [-0.4, -0.2) is 38.6 Å². The highest BCUT2D eigenvalue weighted by molar-refractivity contribution is 5.61. The third-order valence-corrected chi connectivity index (χ3v) is 3.89. The Bertz CT molecular complexity index is 711. The molecular weight excluding hydrogens is 284 g/mol. The Morgan fingerprint density at radius 3 is 2.68 bits per heavy atom. The van der Waals surface area contributed by atoms with Crippen LogP contribution in [0.2, 0.25) is 0 Å². The highest BCUT2D eigenvalue weighted by Crippen LogP contribution is 2.28. The lowest BCUT2D eigenvalue weighted by molar-refractivity contribution is -0.0458. The molecule has 0 amide bonds. The molecule has 6 heteroatoms. The minimum atomic E-state index is -0.787. The largest absolute Gasteiger partial charge is 0.394 e. The van der Waals surface area contributed by atoms with E-state index in [2.05, 4.69) is 4.98 Å². The van der Waals surface area contributed by atoms with E-state index in [-0.39, 0.29) is 13.0 Å². The highest BCUT2D eigenvalue weighted by Gasteiger charge is 2.35. The summed E-state index contributed by atoms with van der Waals surface area (Å²) in [6.45, 7) is 1.73. The summed E-state index contributed by atoms with van der Waals surface area (Å²) in [4.78, 5) is 15.9. The predicted octanol–water partition coefficient (Wildman–Crippen LogP) is 0.859. The summed E-state index contributed by atoms with van der Waals surface area (Å²) in [5.74, 6) is 0. The first kappa shape index (κ1) is 14.9. The van der Waals surface area contributed by atoms with Crippen molar-refractivity contribution in [3.63, 3.8) is 0 Å². The third-order valence-electron chi connectivity index (χ3n) is 3.89. The lowest BCUT2D eigenvalue weighted by Gasteiger charge is -2.15. The maximum atomic E-state index is 12.0. The van der Waals surface area contributed by atoms with Crippen molar-refractivity contribution >= 4 is 0 Å². The first-order valence-corrected chi connectivity index (χ1v) is 7.18. The first-order valence-electron chi connectivity index (χ1n) is 7.18. The fraction of sp³-hybridized carbons (Fsp3) is 0.375. The summed E-state index contributed by atoms with van der Waals surface area (Å²) in [6, 6.07) is 7.90. The van der Waals surface area contributed by atoms with Gasteiger partial charge in [0.05, 0.1) is 12.7 Å². The van der Waals surface area contributed by atoms with Gasteiger partial charge in [-0.25, -0.2) is 9.78 Å². The minimum absolute atomic E-state index is 0.254. The number of aliphatic hydroxyl groups excluding tert-OH is 2. The van der Waals surface area contributed by atoms with Crippen molar-refractivity contribution in [1.29, 1.82) is 0 Å². The topological polar surface area (TPSA) is 84.6 Å². The van der Waals surface area contributed by atoms with Crippen molar-refractivity contribution in [3.05, 3.63) is 52.7 Å². The van der Waals surface area contributed by atoms with Gasteiger partial charge in [0, 0.05) is 24.4 Å². The fourth-order valence-electron chi connectivity index (χ4n) is 2.58. The van der Waals surface area contributed by atoms with E-state index in [4.69, 9.17) is 9.84 Å². The van der Waals surface area contributed by atoms with E-state index in [9.17, 15) is 9.90 Å². The molecular formula is C16H18N2O4. The van der Waals surface area contributed by atoms with Gasteiger partial charge in [-0.15, -0.1) is 0 Å². The van der Waals surface area contributed by atoms with Crippen LogP contribution in [0.5, 0.6) is 0 Å². The Labute approximate surface area is 127 Å². The van der Waals surface area contributed by atoms with E-state index in [1.54, 1.807) is 6.20 Å². The van der Waals surface area contributed by atoms with Crippen LogP contribution in [0.15, 0.2) is 41.5 Å². The zero-order valence-corrected chi connectivity index (χ0v) is 12.2. The van der Waals surface area contributed by atoms with Gasteiger partial charge in [-0.05, 0) is 12.5 Å². The first-order chi connectivity index (χ1) is 10.6. The molecule has 6 nitrogen and oxygen atoms in total. The van der Waals surface area contributed by atoms with Gasteiger partial charge in [0.1, 0.15) is 12.3 Å². The van der Waals surface area contributed by atoms with Crippen LogP contribution in [0.25, 0.3) is 11.1 Å². The molecule has 2 N–H and O–H groups in total. The number of ether oxygens (including phenoxy) is 1. The monoisotopic (exact) mass is 302 g/mol. The fourth-order valence-corrected chi connectivity index (χ4v) is 2.58. The van der Waals surface area contributed by atoms with E-state index in [1.807, 2.05) is 31.2 Å². The number of hydrogen-bond acceptors (Lipinski definition) is 5. The lowest BCUT2D eigenvalue weighted by atomic mass is 10.1. The van der Waals surface area contributed by atoms with Gasteiger partial charge in [0.15, 0.2) is 0 Å². The summed E-state index contributed by atoms with van der Waals surface area (Å²) in [7, 11) is 0. The molecule has 0 aliphatic carbocycles. The predicted molar refractivity (Wildman–Crippen MR) is 80.3 cm³/mol. The van der Waals surface area contributed by atoms with Crippen LogP contribution in [0.4, 0.5) is 0 Å². The Hall–Kier alpha value is -2.02. The third kappa shape index (κ3) is 2.81. The van der Waals surface area contributed by atoms with Gasteiger partial charge >= 0.3 is 5.69 Å². The molecule has 22 heavy (non-hydrogen) atoms. The highest BCUT2D eigenvalue weighted by atomic mass is 16.5. The van der Waals surface area contributed by atoms with Gasteiger partial charge < -0.3 is 14.9 Å².